The van der Waals surface area contributed by atoms with Gasteiger partial charge in [0.1, 0.15) is 6.10 Å². The maximum absolute atomic E-state index is 5.79. The van der Waals surface area contributed by atoms with Crippen molar-refractivity contribution in [1.82, 2.24) is 0 Å². The van der Waals surface area contributed by atoms with E-state index in [4.69, 9.17) is 9.47 Å². The van der Waals surface area contributed by atoms with E-state index in [2.05, 4.69) is 26.0 Å². The Morgan fingerprint density at radius 3 is 2.50 bits per heavy atom. The number of ether oxygens (including phenoxy) is 2. The largest absolute Gasteiger partial charge is 0.349 e. The molecule has 2 heteroatoms. The Morgan fingerprint density at radius 2 is 1.93 bits per heavy atom. The molecule has 1 fully saturated rings. The molecule has 2 nitrogen and oxygen atoms in total. The summed E-state index contributed by atoms with van der Waals surface area (Å²) in [5.74, 6) is 0.420. The first-order valence-corrected chi connectivity index (χ1v) is 5.09. The van der Waals surface area contributed by atoms with Gasteiger partial charge in [-0.25, -0.2) is 0 Å². The Bertz CT molecular complexity index is 282. The molecular weight excluding hydrogens is 176 g/mol. The molecule has 1 aromatic carbocycles. The molecule has 0 aliphatic carbocycles. The second-order valence-corrected chi connectivity index (χ2v) is 3.98. The van der Waals surface area contributed by atoms with Crippen LogP contribution in [0.1, 0.15) is 25.5 Å². The Kier molecular flexibility index (Phi) is 2.85. The summed E-state index contributed by atoms with van der Waals surface area (Å²) in [6.45, 7) is 4.89. The Labute approximate surface area is 84.8 Å². The lowest BCUT2D eigenvalue weighted by Crippen LogP contribution is -2.15. The Hall–Kier alpha value is -0.860. The van der Waals surface area contributed by atoms with Gasteiger partial charge in [0.25, 0.3) is 0 Å². The molecule has 0 aromatic heterocycles. The van der Waals surface area contributed by atoms with Gasteiger partial charge in [-0.2, -0.15) is 0 Å². The van der Waals surface area contributed by atoms with Gasteiger partial charge < -0.3 is 9.47 Å². The van der Waals surface area contributed by atoms with Gasteiger partial charge in [0.15, 0.2) is 6.29 Å². The highest BCUT2D eigenvalue weighted by Gasteiger charge is 2.28. The first-order valence-electron chi connectivity index (χ1n) is 5.09. The van der Waals surface area contributed by atoms with Gasteiger partial charge in [0, 0.05) is 5.92 Å². The van der Waals surface area contributed by atoms with E-state index in [1.165, 1.54) is 5.56 Å². The minimum atomic E-state index is -0.0415. The molecule has 1 saturated heterocycles. The van der Waals surface area contributed by atoms with E-state index in [1.54, 1.807) is 0 Å². The summed E-state index contributed by atoms with van der Waals surface area (Å²) < 4.78 is 11.3. The van der Waals surface area contributed by atoms with Crippen molar-refractivity contribution in [2.24, 2.45) is 5.92 Å². The molecule has 0 radical (unpaired) electrons. The number of hydrogen-bond donors (Lipinski definition) is 0. The standard InChI is InChI=1S/C12H16O2/c1-9(2)12-13-8-11(14-12)10-6-4-3-5-7-10/h3-7,9,11-12H,8H2,1-2H3. The van der Waals surface area contributed by atoms with E-state index in [9.17, 15) is 0 Å². The number of rotatable bonds is 2. The molecule has 0 N–H and O–H groups in total. The highest BCUT2D eigenvalue weighted by atomic mass is 16.7. The monoisotopic (exact) mass is 192 g/mol. The fourth-order valence-corrected chi connectivity index (χ4v) is 1.61. The Balaban J connectivity index is 2.03. The van der Waals surface area contributed by atoms with Gasteiger partial charge in [0.05, 0.1) is 6.61 Å². The predicted octanol–water partition coefficient (Wildman–Crippen LogP) is 2.76. The third kappa shape index (κ3) is 1.97. The summed E-state index contributed by atoms with van der Waals surface area (Å²) in [7, 11) is 0. The average Bonchev–Trinajstić information content (AvgIpc) is 2.68. The molecule has 0 bridgehead atoms. The van der Waals surface area contributed by atoms with Crippen LogP contribution in [0.3, 0.4) is 0 Å². The fourth-order valence-electron chi connectivity index (χ4n) is 1.61. The smallest absolute Gasteiger partial charge is 0.160 e. The molecule has 1 aliphatic heterocycles. The number of hydrogen-bond acceptors (Lipinski definition) is 2. The van der Waals surface area contributed by atoms with Crippen LogP contribution in [0.15, 0.2) is 30.3 Å². The Morgan fingerprint density at radius 1 is 1.21 bits per heavy atom. The van der Waals surface area contributed by atoms with E-state index in [1.807, 2.05) is 18.2 Å². The average molecular weight is 192 g/mol. The zero-order valence-corrected chi connectivity index (χ0v) is 8.64. The minimum absolute atomic E-state index is 0.0415. The molecule has 0 saturated carbocycles. The van der Waals surface area contributed by atoms with Gasteiger partial charge in [-0.1, -0.05) is 44.2 Å². The van der Waals surface area contributed by atoms with Crippen molar-refractivity contribution in [2.75, 3.05) is 6.61 Å². The summed E-state index contributed by atoms with van der Waals surface area (Å²) >= 11 is 0. The van der Waals surface area contributed by atoms with Crippen molar-refractivity contribution in [3.05, 3.63) is 35.9 Å². The van der Waals surface area contributed by atoms with Crippen LogP contribution in [0.25, 0.3) is 0 Å². The second-order valence-electron chi connectivity index (χ2n) is 3.98. The fraction of sp³-hybridized carbons (Fsp3) is 0.500. The molecule has 2 atom stereocenters. The molecule has 2 rings (SSSR count). The van der Waals surface area contributed by atoms with Gasteiger partial charge in [-0.05, 0) is 5.56 Å². The first kappa shape index (κ1) is 9.69. The molecule has 1 heterocycles. The molecule has 2 unspecified atom stereocenters. The van der Waals surface area contributed by atoms with Crippen LogP contribution in [0.2, 0.25) is 0 Å². The molecule has 0 spiro atoms. The molecule has 0 amide bonds. The first-order chi connectivity index (χ1) is 6.77. The summed E-state index contributed by atoms with van der Waals surface area (Å²) in [4.78, 5) is 0. The van der Waals surface area contributed by atoms with Gasteiger partial charge in [0.2, 0.25) is 0 Å². The number of benzene rings is 1. The van der Waals surface area contributed by atoms with Crippen molar-refractivity contribution in [1.29, 1.82) is 0 Å². The molecule has 1 aromatic rings. The lowest BCUT2D eigenvalue weighted by molar-refractivity contribution is -0.0877. The highest BCUT2D eigenvalue weighted by molar-refractivity contribution is 5.18. The molecule has 14 heavy (non-hydrogen) atoms. The van der Waals surface area contributed by atoms with Crippen LogP contribution >= 0.6 is 0 Å². The normalized spacial score (nSPS) is 27.1. The van der Waals surface area contributed by atoms with Gasteiger partial charge >= 0.3 is 0 Å². The van der Waals surface area contributed by atoms with E-state index in [0.29, 0.717) is 12.5 Å². The summed E-state index contributed by atoms with van der Waals surface area (Å²) in [6, 6.07) is 10.2. The lowest BCUT2D eigenvalue weighted by Gasteiger charge is -2.14. The van der Waals surface area contributed by atoms with Crippen molar-refractivity contribution >= 4 is 0 Å². The van der Waals surface area contributed by atoms with Crippen LogP contribution in [-0.2, 0) is 9.47 Å². The van der Waals surface area contributed by atoms with E-state index in [0.717, 1.165) is 0 Å². The molecule has 1 aliphatic rings. The van der Waals surface area contributed by atoms with Crippen LogP contribution in [0, 0.1) is 5.92 Å². The van der Waals surface area contributed by atoms with Gasteiger partial charge in [-0.3, -0.25) is 0 Å². The van der Waals surface area contributed by atoms with E-state index >= 15 is 0 Å². The second kappa shape index (κ2) is 4.11. The third-order valence-corrected chi connectivity index (χ3v) is 2.43. The maximum Gasteiger partial charge on any atom is 0.160 e. The predicted molar refractivity (Wildman–Crippen MR) is 54.8 cm³/mol. The van der Waals surface area contributed by atoms with Crippen LogP contribution in [-0.4, -0.2) is 12.9 Å². The van der Waals surface area contributed by atoms with E-state index < -0.39 is 0 Å². The quantitative estimate of drug-likeness (QED) is 0.717. The SMILES string of the molecule is CC(C)C1OCC(c2ccccc2)O1. The van der Waals surface area contributed by atoms with Crippen molar-refractivity contribution in [3.63, 3.8) is 0 Å². The van der Waals surface area contributed by atoms with E-state index in [-0.39, 0.29) is 12.4 Å². The summed E-state index contributed by atoms with van der Waals surface area (Å²) in [5, 5.41) is 0. The third-order valence-electron chi connectivity index (χ3n) is 2.43. The zero-order valence-electron chi connectivity index (χ0n) is 8.64. The zero-order chi connectivity index (χ0) is 9.97. The van der Waals surface area contributed by atoms with Crippen LogP contribution in [0.5, 0.6) is 0 Å². The van der Waals surface area contributed by atoms with Crippen LogP contribution in [0.4, 0.5) is 0 Å². The van der Waals surface area contributed by atoms with Crippen molar-refractivity contribution in [2.45, 2.75) is 26.2 Å². The summed E-state index contributed by atoms with van der Waals surface area (Å²) in [6.07, 6.45) is 0.0730. The van der Waals surface area contributed by atoms with Gasteiger partial charge in [-0.15, -0.1) is 0 Å². The molecular formula is C12H16O2. The maximum atomic E-state index is 5.79. The highest BCUT2D eigenvalue weighted by Crippen LogP contribution is 2.29. The molecule has 76 valence electrons. The summed E-state index contributed by atoms with van der Waals surface area (Å²) in [5.41, 5.74) is 1.20. The topological polar surface area (TPSA) is 18.5 Å². The lowest BCUT2D eigenvalue weighted by atomic mass is 10.1. The minimum Gasteiger partial charge on any atom is -0.349 e. The van der Waals surface area contributed by atoms with Crippen molar-refractivity contribution < 1.29 is 9.47 Å². The van der Waals surface area contributed by atoms with Crippen LogP contribution < -0.4 is 0 Å². The van der Waals surface area contributed by atoms with Crippen molar-refractivity contribution in [3.8, 4) is 0 Å².